The van der Waals surface area contributed by atoms with E-state index in [0.29, 0.717) is 5.16 Å². The summed E-state index contributed by atoms with van der Waals surface area (Å²) in [5.41, 5.74) is 1.80. The highest BCUT2D eigenvalue weighted by Gasteiger charge is 2.11. The Kier molecular flexibility index (Phi) is 3.75. The lowest BCUT2D eigenvalue weighted by molar-refractivity contribution is 0.755. The Bertz CT molecular complexity index is 727. The molecule has 0 N–H and O–H groups in total. The molecule has 0 bridgehead atoms. The first-order valence-corrected chi connectivity index (χ1v) is 7.34. The van der Waals surface area contributed by atoms with Crippen LogP contribution in [-0.2, 0) is 0 Å². The summed E-state index contributed by atoms with van der Waals surface area (Å²) in [6.45, 7) is 1.92. The lowest BCUT2D eigenvalue weighted by Crippen LogP contribution is -1.99. The average Bonchev–Trinajstić information content (AvgIpc) is 2.88. The normalized spacial score (nSPS) is 10.7. The van der Waals surface area contributed by atoms with E-state index in [0.717, 1.165) is 20.9 Å². The predicted octanol–water partition coefficient (Wildman–Crippen LogP) is 2.67. The van der Waals surface area contributed by atoms with E-state index in [-0.39, 0.29) is 0 Å². The van der Waals surface area contributed by atoms with E-state index in [2.05, 4.69) is 41.4 Å². The van der Waals surface area contributed by atoms with E-state index >= 15 is 0 Å². The monoisotopic (exact) mass is 348 g/mol. The molecular formula is C12H9BrN6S. The van der Waals surface area contributed by atoms with Gasteiger partial charge in [-0.2, -0.15) is 4.68 Å². The lowest BCUT2D eigenvalue weighted by atomic mass is 10.3. The van der Waals surface area contributed by atoms with Crippen molar-refractivity contribution in [1.29, 1.82) is 0 Å². The molecule has 0 saturated heterocycles. The first-order chi connectivity index (χ1) is 9.72. The van der Waals surface area contributed by atoms with Crippen LogP contribution in [0.3, 0.4) is 0 Å². The van der Waals surface area contributed by atoms with Crippen LogP contribution >= 0.6 is 27.7 Å². The number of hydrogen-bond donors (Lipinski definition) is 0. The highest BCUT2D eigenvalue weighted by Crippen LogP contribution is 2.25. The van der Waals surface area contributed by atoms with Gasteiger partial charge in [-0.1, -0.05) is 15.9 Å². The van der Waals surface area contributed by atoms with Gasteiger partial charge >= 0.3 is 0 Å². The Morgan fingerprint density at radius 1 is 1.15 bits per heavy atom. The Morgan fingerprint density at radius 3 is 2.70 bits per heavy atom. The quantitative estimate of drug-likeness (QED) is 0.677. The molecule has 0 atom stereocenters. The highest BCUT2D eigenvalue weighted by molar-refractivity contribution is 9.10. The smallest absolute Gasteiger partial charge is 0.220 e. The summed E-state index contributed by atoms with van der Waals surface area (Å²) >= 11 is 4.80. The van der Waals surface area contributed by atoms with Crippen molar-refractivity contribution >= 4 is 27.7 Å². The molecule has 0 aliphatic heterocycles. The Morgan fingerprint density at radius 2 is 1.95 bits per heavy atom. The maximum absolute atomic E-state index is 4.20. The van der Waals surface area contributed by atoms with Crippen molar-refractivity contribution in [2.75, 3.05) is 0 Å². The van der Waals surface area contributed by atoms with E-state index in [1.807, 2.05) is 37.3 Å². The maximum atomic E-state index is 4.20. The van der Waals surface area contributed by atoms with Crippen molar-refractivity contribution in [3.05, 3.63) is 46.8 Å². The average molecular weight is 349 g/mol. The van der Waals surface area contributed by atoms with Gasteiger partial charge in [-0.05, 0) is 59.4 Å². The van der Waals surface area contributed by atoms with Crippen molar-refractivity contribution < 1.29 is 0 Å². The van der Waals surface area contributed by atoms with E-state index in [9.17, 15) is 0 Å². The Hall–Kier alpha value is -1.80. The van der Waals surface area contributed by atoms with Crippen molar-refractivity contribution in [1.82, 2.24) is 30.2 Å². The van der Waals surface area contributed by atoms with E-state index in [1.165, 1.54) is 18.1 Å². The van der Waals surface area contributed by atoms with E-state index in [4.69, 9.17) is 0 Å². The molecule has 0 amide bonds. The summed E-state index contributed by atoms with van der Waals surface area (Å²) in [4.78, 5) is 8.27. The van der Waals surface area contributed by atoms with E-state index in [1.54, 1.807) is 4.68 Å². The minimum atomic E-state index is 0.658. The SMILES string of the molecule is Cc1cc(Sc2nnnn2-c2ccc(Br)cc2)ncn1. The second kappa shape index (κ2) is 5.68. The van der Waals surface area contributed by atoms with Gasteiger partial charge in [0.2, 0.25) is 5.16 Å². The molecule has 8 heteroatoms. The minimum Gasteiger partial charge on any atom is -0.242 e. The summed E-state index contributed by atoms with van der Waals surface area (Å²) in [5.74, 6) is 0. The zero-order valence-electron chi connectivity index (χ0n) is 10.4. The van der Waals surface area contributed by atoms with Crippen molar-refractivity contribution in [3.8, 4) is 5.69 Å². The molecule has 20 heavy (non-hydrogen) atoms. The lowest BCUT2D eigenvalue weighted by Gasteiger charge is -2.04. The molecule has 0 aliphatic carbocycles. The second-order valence-corrected chi connectivity index (χ2v) is 5.85. The zero-order valence-corrected chi connectivity index (χ0v) is 12.8. The van der Waals surface area contributed by atoms with Crippen molar-refractivity contribution in [2.45, 2.75) is 17.1 Å². The maximum Gasteiger partial charge on any atom is 0.220 e. The molecule has 0 aliphatic rings. The number of benzene rings is 1. The van der Waals surface area contributed by atoms with Crippen LogP contribution in [0.4, 0.5) is 0 Å². The van der Waals surface area contributed by atoms with Crippen LogP contribution in [0, 0.1) is 6.92 Å². The van der Waals surface area contributed by atoms with Gasteiger partial charge in [0, 0.05) is 10.2 Å². The van der Waals surface area contributed by atoms with Crippen LogP contribution in [0.15, 0.2) is 51.3 Å². The van der Waals surface area contributed by atoms with Gasteiger partial charge in [-0.15, -0.1) is 5.10 Å². The predicted molar refractivity (Wildman–Crippen MR) is 77.7 cm³/mol. The number of nitrogens with zero attached hydrogens (tertiary/aromatic N) is 6. The molecule has 1 aromatic carbocycles. The Balaban J connectivity index is 1.92. The van der Waals surface area contributed by atoms with Crippen LogP contribution in [0.25, 0.3) is 5.69 Å². The van der Waals surface area contributed by atoms with Gasteiger partial charge in [0.05, 0.1) is 5.69 Å². The summed E-state index contributed by atoms with van der Waals surface area (Å²) in [5, 5.41) is 13.2. The fourth-order valence-corrected chi connectivity index (χ4v) is 2.65. The topological polar surface area (TPSA) is 69.4 Å². The summed E-state index contributed by atoms with van der Waals surface area (Å²) in [6, 6.07) is 9.66. The number of hydrogen-bond acceptors (Lipinski definition) is 6. The van der Waals surface area contributed by atoms with Gasteiger partial charge in [-0.3, -0.25) is 0 Å². The van der Waals surface area contributed by atoms with Crippen molar-refractivity contribution in [3.63, 3.8) is 0 Å². The molecule has 3 rings (SSSR count). The van der Waals surface area contributed by atoms with Gasteiger partial charge in [0.15, 0.2) is 0 Å². The first-order valence-electron chi connectivity index (χ1n) is 5.73. The second-order valence-electron chi connectivity index (χ2n) is 3.95. The third kappa shape index (κ3) is 2.86. The minimum absolute atomic E-state index is 0.658. The molecule has 100 valence electrons. The summed E-state index contributed by atoms with van der Waals surface area (Å²) < 4.78 is 2.68. The standard InChI is InChI=1S/C12H9BrN6S/c1-8-6-11(15-7-14-8)20-12-16-17-18-19(12)10-4-2-9(13)3-5-10/h2-7H,1H3. The van der Waals surface area contributed by atoms with Crippen LogP contribution < -0.4 is 0 Å². The fourth-order valence-electron chi connectivity index (χ4n) is 1.57. The van der Waals surface area contributed by atoms with Gasteiger partial charge in [0.1, 0.15) is 11.4 Å². The third-order valence-electron chi connectivity index (χ3n) is 2.49. The first kappa shape index (κ1) is 13.2. The summed E-state index contributed by atoms with van der Waals surface area (Å²) in [7, 11) is 0. The molecule has 2 heterocycles. The van der Waals surface area contributed by atoms with Gasteiger partial charge in [-0.25, -0.2) is 9.97 Å². The van der Waals surface area contributed by atoms with Crippen LogP contribution in [0.2, 0.25) is 0 Å². The molecule has 0 fully saturated rings. The number of tetrazole rings is 1. The molecule has 2 aromatic heterocycles. The highest BCUT2D eigenvalue weighted by atomic mass is 79.9. The fraction of sp³-hybridized carbons (Fsp3) is 0.0833. The largest absolute Gasteiger partial charge is 0.242 e. The number of aromatic nitrogens is 6. The number of aryl methyl sites for hydroxylation is 1. The summed E-state index contributed by atoms with van der Waals surface area (Å²) in [6.07, 6.45) is 1.53. The molecule has 0 unspecified atom stereocenters. The molecule has 0 spiro atoms. The number of halogens is 1. The van der Waals surface area contributed by atoms with Gasteiger partial charge in [0.25, 0.3) is 0 Å². The van der Waals surface area contributed by atoms with Crippen molar-refractivity contribution in [2.24, 2.45) is 0 Å². The van der Waals surface area contributed by atoms with Gasteiger partial charge < -0.3 is 0 Å². The van der Waals surface area contributed by atoms with Crippen LogP contribution in [-0.4, -0.2) is 30.2 Å². The molecule has 3 aromatic rings. The van der Waals surface area contributed by atoms with E-state index < -0.39 is 0 Å². The van der Waals surface area contributed by atoms with Crippen LogP contribution in [0.5, 0.6) is 0 Å². The zero-order chi connectivity index (χ0) is 13.9. The number of rotatable bonds is 3. The molecule has 6 nitrogen and oxygen atoms in total. The Labute approximate surface area is 127 Å². The molecular weight excluding hydrogens is 340 g/mol. The van der Waals surface area contributed by atoms with Crippen LogP contribution in [0.1, 0.15) is 5.69 Å². The third-order valence-corrected chi connectivity index (χ3v) is 3.88. The molecule has 0 saturated carbocycles. The molecule has 0 radical (unpaired) electrons.